The van der Waals surface area contributed by atoms with Gasteiger partial charge in [-0.2, -0.15) is 9.78 Å². The van der Waals surface area contributed by atoms with Gasteiger partial charge in [0.15, 0.2) is 5.71 Å². The Labute approximate surface area is 201 Å². The summed E-state index contributed by atoms with van der Waals surface area (Å²) in [7, 11) is 0. The van der Waals surface area contributed by atoms with Gasteiger partial charge in [-0.15, -0.1) is 23.4 Å². The molecule has 184 valence electrons. The van der Waals surface area contributed by atoms with Gasteiger partial charge in [0.1, 0.15) is 11.4 Å². The lowest BCUT2D eigenvalue weighted by atomic mass is 10.1. The highest BCUT2D eigenvalue weighted by atomic mass is 32.2. The van der Waals surface area contributed by atoms with Gasteiger partial charge in [-0.05, 0) is 44.5 Å². The fourth-order valence-corrected chi connectivity index (χ4v) is 4.15. The number of fused-ring (bicyclic) bond motifs is 1. The molecule has 1 aromatic carbocycles. The molecule has 0 saturated heterocycles. The van der Waals surface area contributed by atoms with Crippen LogP contribution < -0.4 is 4.90 Å². The summed E-state index contributed by atoms with van der Waals surface area (Å²) in [5, 5.41) is 22.4. The Balaban J connectivity index is 1.83. The van der Waals surface area contributed by atoms with Crippen molar-refractivity contribution in [2.45, 2.75) is 31.7 Å². The fourth-order valence-electron chi connectivity index (χ4n) is 3.54. The van der Waals surface area contributed by atoms with Crippen molar-refractivity contribution in [1.82, 2.24) is 24.8 Å². The quantitative estimate of drug-likeness (QED) is 0.488. The van der Waals surface area contributed by atoms with E-state index in [0.717, 1.165) is 29.0 Å². The van der Waals surface area contributed by atoms with Crippen molar-refractivity contribution in [3.63, 3.8) is 0 Å². The Bertz CT molecular complexity index is 1280. The van der Waals surface area contributed by atoms with E-state index in [-0.39, 0.29) is 23.1 Å². The molecule has 0 radical (unpaired) electrons. The number of aromatic nitrogens is 5. The number of benzene rings is 1. The molecular formula is C21H21F3N8O2S. The van der Waals surface area contributed by atoms with Gasteiger partial charge < -0.3 is 14.6 Å². The van der Waals surface area contributed by atoms with Gasteiger partial charge in [0, 0.05) is 31.2 Å². The minimum Gasteiger partial charge on any atom is -0.607 e. The largest absolute Gasteiger partial charge is 0.607 e. The molecule has 3 heterocycles. The predicted molar refractivity (Wildman–Crippen MR) is 125 cm³/mol. The number of aliphatic imine (C=N–C) groups is 1. The Morgan fingerprint density at radius 1 is 1.17 bits per heavy atom. The molecule has 0 amide bonds. The van der Waals surface area contributed by atoms with Crippen molar-refractivity contribution in [2.75, 3.05) is 18.0 Å². The first kappa shape index (κ1) is 24.8. The number of aryl methyl sites for hydroxylation is 1. The van der Waals surface area contributed by atoms with E-state index in [9.17, 15) is 22.8 Å². The number of anilines is 1. The number of aliphatic hydroxyl groups is 1. The van der Waals surface area contributed by atoms with Gasteiger partial charge in [0.05, 0.1) is 23.1 Å². The van der Waals surface area contributed by atoms with E-state index in [0.29, 0.717) is 5.69 Å². The van der Waals surface area contributed by atoms with Crippen LogP contribution in [0.4, 0.5) is 24.5 Å². The van der Waals surface area contributed by atoms with Crippen molar-refractivity contribution in [3.05, 3.63) is 48.2 Å². The molecule has 14 heteroatoms. The molecule has 10 nitrogen and oxygen atoms in total. The van der Waals surface area contributed by atoms with Crippen LogP contribution in [0.15, 0.2) is 46.9 Å². The molecule has 0 spiro atoms. The fraction of sp³-hybridized carbons (Fsp3) is 0.333. The predicted octanol–water partition coefficient (Wildman–Crippen LogP) is 2.82. The van der Waals surface area contributed by atoms with Gasteiger partial charge in [0.25, 0.3) is 5.44 Å². The van der Waals surface area contributed by atoms with E-state index in [1.165, 1.54) is 18.6 Å². The van der Waals surface area contributed by atoms with Crippen LogP contribution in [-0.4, -0.2) is 70.0 Å². The lowest BCUT2D eigenvalue weighted by Crippen LogP contribution is -2.41. The Morgan fingerprint density at radius 3 is 2.49 bits per heavy atom. The van der Waals surface area contributed by atoms with Crippen LogP contribution in [0.2, 0.25) is 0 Å². The van der Waals surface area contributed by atoms with Crippen LogP contribution in [0.3, 0.4) is 0 Å². The van der Waals surface area contributed by atoms with Crippen LogP contribution in [0.5, 0.6) is 0 Å². The second-order valence-electron chi connectivity index (χ2n) is 7.43. The number of rotatable bonds is 7. The SMILES string of the molecule is CCN(CC)c1ccc(/N=C2/C(C(O)[S+]([O-])C(F)(F)F)=Nn3c2nnc3-c2cnccn2)c(C)c1. The molecular weight excluding hydrogens is 485 g/mol. The highest BCUT2D eigenvalue weighted by Crippen LogP contribution is 2.32. The monoisotopic (exact) mass is 506 g/mol. The summed E-state index contributed by atoms with van der Waals surface area (Å²) in [6, 6.07) is 5.45. The molecule has 0 fully saturated rings. The minimum absolute atomic E-state index is 0.0221. The molecule has 1 aliphatic heterocycles. The van der Waals surface area contributed by atoms with E-state index < -0.39 is 27.8 Å². The zero-order valence-electron chi connectivity index (χ0n) is 18.9. The number of halogens is 3. The molecule has 0 saturated carbocycles. The maximum Gasteiger partial charge on any atom is 0.575 e. The van der Waals surface area contributed by atoms with Crippen LogP contribution in [-0.2, 0) is 11.2 Å². The van der Waals surface area contributed by atoms with Crippen LogP contribution in [0, 0.1) is 6.92 Å². The molecule has 2 unspecified atom stereocenters. The van der Waals surface area contributed by atoms with Crippen molar-refractivity contribution < 1.29 is 22.8 Å². The summed E-state index contributed by atoms with van der Waals surface area (Å²) in [6.45, 7) is 7.45. The van der Waals surface area contributed by atoms with Gasteiger partial charge in [0.2, 0.25) is 11.6 Å². The summed E-state index contributed by atoms with van der Waals surface area (Å²) in [6.07, 6.45) is 4.22. The molecule has 1 aliphatic rings. The molecule has 0 aliphatic carbocycles. The van der Waals surface area contributed by atoms with E-state index in [1.807, 2.05) is 26.0 Å². The maximum absolute atomic E-state index is 13.1. The van der Waals surface area contributed by atoms with Crippen molar-refractivity contribution in [2.24, 2.45) is 10.1 Å². The number of aliphatic hydroxyl groups excluding tert-OH is 1. The first-order valence-corrected chi connectivity index (χ1v) is 11.8. The molecule has 2 atom stereocenters. The first-order chi connectivity index (χ1) is 16.7. The number of nitrogens with zero attached hydrogens (tertiary/aromatic N) is 8. The summed E-state index contributed by atoms with van der Waals surface area (Å²) >= 11 is -3.64. The molecule has 0 bridgehead atoms. The third kappa shape index (κ3) is 4.76. The second kappa shape index (κ2) is 9.71. The summed E-state index contributed by atoms with van der Waals surface area (Å²) in [4.78, 5) is 14.7. The van der Waals surface area contributed by atoms with E-state index >= 15 is 0 Å². The Hall–Kier alpha value is -3.36. The average Bonchev–Trinajstić information content (AvgIpc) is 3.40. The summed E-state index contributed by atoms with van der Waals surface area (Å²) in [5.74, 6) is 0.0560. The Morgan fingerprint density at radius 2 is 1.89 bits per heavy atom. The van der Waals surface area contributed by atoms with Gasteiger partial charge >= 0.3 is 5.51 Å². The molecule has 4 rings (SSSR count). The van der Waals surface area contributed by atoms with Crippen LogP contribution >= 0.6 is 0 Å². The van der Waals surface area contributed by atoms with Gasteiger partial charge in [-0.1, -0.05) is 0 Å². The highest BCUT2D eigenvalue weighted by molar-refractivity contribution is 7.93. The molecule has 1 N–H and O–H groups in total. The second-order valence-corrected chi connectivity index (χ2v) is 8.94. The zero-order valence-corrected chi connectivity index (χ0v) is 19.7. The summed E-state index contributed by atoms with van der Waals surface area (Å²) < 4.78 is 52.5. The minimum atomic E-state index is -5.16. The molecule has 35 heavy (non-hydrogen) atoms. The lowest BCUT2D eigenvalue weighted by molar-refractivity contribution is -0.0460. The smallest absolute Gasteiger partial charge is 0.575 e. The average molecular weight is 507 g/mol. The van der Waals surface area contributed by atoms with E-state index in [4.69, 9.17) is 0 Å². The van der Waals surface area contributed by atoms with Crippen LogP contribution in [0.25, 0.3) is 11.5 Å². The first-order valence-electron chi connectivity index (χ1n) is 10.6. The van der Waals surface area contributed by atoms with Crippen molar-refractivity contribution in [3.8, 4) is 11.5 Å². The van der Waals surface area contributed by atoms with E-state index in [1.54, 1.807) is 13.0 Å². The van der Waals surface area contributed by atoms with Crippen molar-refractivity contribution in [1.29, 1.82) is 0 Å². The topological polar surface area (TPSA) is 128 Å². The van der Waals surface area contributed by atoms with Crippen molar-refractivity contribution >= 4 is 34.0 Å². The third-order valence-electron chi connectivity index (χ3n) is 5.30. The van der Waals surface area contributed by atoms with Gasteiger partial charge in [-0.25, -0.2) is 9.98 Å². The maximum atomic E-state index is 13.1. The van der Waals surface area contributed by atoms with Crippen LogP contribution in [0.1, 0.15) is 25.2 Å². The number of alkyl halides is 3. The zero-order chi connectivity index (χ0) is 25.3. The summed E-state index contributed by atoms with van der Waals surface area (Å²) in [5.41, 5.74) is -5.99. The van der Waals surface area contributed by atoms with E-state index in [2.05, 4.69) is 35.2 Å². The molecule has 2 aromatic heterocycles. The normalized spacial score (nSPS) is 16.2. The third-order valence-corrected chi connectivity index (χ3v) is 6.39. The number of hydrogen-bond donors (Lipinski definition) is 1. The molecule has 3 aromatic rings. The lowest BCUT2D eigenvalue weighted by Gasteiger charge is -2.21. The highest BCUT2D eigenvalue weighted by Gasteiger charge is 2.53. The van der Waals surface area contributed by atoms with Gasteiger partial charge in [-0.3, -0.25) is 4.98 Å². The Kier molecular flexibility index (Phi) is 6.87. The number of hydrogen-bond acceptors (Lipinski definition) is 9. The standard InChI is InChI=1S/C21H21F3N8O2S/c1-4-31(5-2)13-6-7-14(12(3)10-13)27-16-17(20(33)35(34)21(22,23)24)30-32-18(28-29-19(16)32)15-11-25-8-9-26-15/h6-11,20,33H,4-5H2,1-3H3/b27-16-.